The second-order valence-corrected chi connectivity index (χ2v) is 8.45. The molecule has 0 fully saturated rings. The van der Waals surface area contributed by atoms with E-state index < -0.39 is 41.3 Å². The number of hydrogen-bond acceptors (Lipinski definition) is 7. The third-order valence-corrected chi connectivity index (χ3v) is 6.64. The van der Waals surface area contributed by atoms with Gasteiger partial charge < -0.3 is 19.5 Å². The lowest BCUT2D eigenvalue weighted by Gasteiger charge is -2.39. The molecule has 0 saturated heterocycles. The maximum atomic E-state index is 15.0. The van der Waals surface area contributed by atoms with E-state index in [4.69, 9.17) is 14.2 Å². The highest BCUT2D eigenvalue weighted by Crippen LogP contribution is 2.48. The second-order valence-electron chi connectivity index (χ2n) is 8.45. The van der Waals surface area contributed by atoms with E-state index in [1.807, 2.05) is 0 Å². The average Bonchev–Trinajstić information content (AvgIpc) is 2.87. The molecule has 0 saturated carbocycles. The van der Waals surface area contributed by atoms with Gasteiger partial charge in [0.05, 0.1) is 32.8 Å². The van der Waals surface area contributed by atoms with Gasteiger partial charge in [0.15, 0.2) is 5.78 Å². The van der Waals surface area contributed by atoms with Crippen molar-refractivity contribution in [2.45, 2.75) is 25.2 Å². The SMILES string of the molecule is COC(=O)C1=C(C)NC2=C(C(=O)[C@@H](C(=O)OC)[C@@H](c3ccc(OC)cc3)C2)[C@@H]1c1ccccc1F. The molecule has 1 aliphatic carbocycles. The van der Waals surface area contributed by atoms with E-state index in [0.29, 0.717) is 17.1 Å². The molecule has 2 aliphatic rings. The summed E-state index contributed by atoms with van der Waals surface area (Å²) in [5, 5.41) is 3.17. The van der Waals surface area contributed by atoms with Gasteiger partial charge in [0.1, 0.15) is 17.5 Å². The summed E-state index contributed by atoms with van der Waals surface area (Å²) in [5.74, 6) is -4.55. The van der Waals surface area contributed by atoms with E-state index in [2.05, 4.69) is 5.32 Å². The third-order valence-electron chi connectivity index (χ3n) is 6.64. The zero-order valence-electron chi connectivity index (χ0n) is 19.9. The number of esters is 2. The fraction of sp³-hybridized carbons (Fsp3) is 0.296. The van der Waals surface area contributed by atoms with Crippen molar-refractivity contribution in [2.75, 3.05) is 21.3 Å². The number of ketones is 1. The molecule has 0 bridgehead atoms. The molecule has 0 amide bonds. The molecule has 0 spiro atoms. The molecule has 0 aromatic heterocycles. The zero-order valence-corrected chi connectivity index (χ0v) is 19.9. The van der Waals surface area contributed by atoms with E-state index in [9.17, 15) is 14.4 Å². The highest BCUT2D eigenvalue weighted by Gasteiger charge is 2.49. The number of carbonyl (C=O) groups is 3. The molecular formula is C27H26FNO6. The lowest BCUT2D eigenvalue weighted by Crippen LogP contribution is -2.43. The number of hydrogen-bond donors (Lipinski definition) is 1. The Balaban J connectivity index is 1.90. The number of nitrogens with one attached hydrogen (secondary N) is 1. The first kappa shape index (κ1) is 24.2. The van der Waals surface area contributed by atoms with E-state index in [1.54, 1.807) is 44.4 Å². The first-order valence-electron chi connectivity index (χ1n) is 11.1. The summed E-state index contributed by atoms with van der Waals surface area (Å²) in [6, 6.07) is 13.1. The maximum absolute atomic E-state index is 15.0. The van der Waals surface area contributed by atoms with Gasteiger partial charge in [-0.1, -0.05) is 30.3 Å². The molecule has 1 aliphatic heterocycles. The Morgan fingerprint density at radius 1 is 1.00 bits per heavy atom. The van der Waals surface area contributed by atoms with E-state index in [0.717, 1.165) is 5.56 Å². The van der Waals surface area contributed by atoms with Crippen LogP contribution in [0.4, 0.5) is 4.39 Å². The standard InChI is InChI=1S/C27H26FNO6/c1-14-21(26(31)34-3)22(17-7-5-6-8-19(17)28)24-20(29-14)13-18(23(25(24)30)27(32)35-4)15-9-11-16(33-2)12-10-15/h5-12,18,22-23,29H,13H2,1-4H3/t18-,22-,23+/m1/s1. The molecule has 2 aromatic carbocycles. The third kappa shape index (κ3) is 4.20. The molecule has 35 heavy (non-hydrogen) atoms. The summed E-state index contributed by atoms with van der Waals surface area (Å²) in [6.07, 6.45) is 0.282. The van der Waals surface area contributed by atoms with Crippen molar-refractivity contribution < 1.29 is 33.0 Å². The minimum Gasteiger partial charge on any atom is -0.497 e. The van der Waals surface area contributed by atoms with Gasteiger partial charge in [0.25, 0.3) is 0 Å². The largest absolute Gasteiger partial charge is 0.497 e. The van der Waals surface area contributed by atoms with Crippen molar-refractivity contribution >= 4 is 17.7 Å². The Bertz CT molecular complexity index is 1250. The maximum Gasteiger partial charge on any atom is 0.336 e. The molecule has 0 radical (unpaired) electrons. The van der Waals surface area contributed by atoms with E-state index in [-0.39, 0.29) is 23.1 Å². The molecule has 8 heteroatoms. The van der Waals surface area contributed by atoms with Crippen LogP contribution in [0.3, 0.4) is 0 Å². The Kier molecular flexibility index (Phi) is 6.73. The number of methoxy groups -OCH3 is 3. The lowest BCUT2D eigenvalue weighted by molar-refractivity contribution is -0.150. The summed E-state index contributed by atoms with van der Waals surface area (Å²) in [5.41, 5.74) is 2.19. The van der Waals surface area contributed by atoms with Crippen LogP contribution in [0.15, 0.2) is 71.1 Å². The Hall–Kier alpha value is -3.94. The van der Waals surface area contributed by atoms with Gasteiger partial charge in [-0.15, -0.1) is 0 Å². The van der Waals surface area contributed by atoms with Crippen LogP contribution in [0.1, 0.15) is 36.3 Å². The van der Waals surface area contributed by atoms with E-state index in [1.165, 1.54) is 32.4 Å². The normalized spacial score (nSPS) is 21.7. The smallest absolute Gasteiger partial charge is 0.336 e. The average molecular weight is 480 g/mol. The molecule has 182 valence electrons. The molecule has 0 unspecified atom stereocenters. The fourth-order valence-corrected chi connectivity index (χ4v) is 5.00. The summed E-state index contributed by atoms with van der Waals surface area (Å²) in [4.78, 5) is 39.7. The summed E-state index contributed by atoms with van der Waals surface area (Å²) in [6.45, 7) is 1.68. The number of halogens is 1. The van der Waals surface area contributed by atoms with Gasteiger partial charge in [-0.25, -0.2) is 9.18 Å². The van der Waals surface area contributed by atoms with Crippen molar-refractivity contribution in [3.8, 4) is 5.75 Å². The zero-order chi connectivity index (χ0) is 25.3. The molecule has 2 aromatic rings. The molecule has 7 nitrogen and oxygen atoms in total. The number of benzene rings is 2. The summed E-state index contributed by atoms with van der Waals surface area (Å²) >= 11 is 0. The van der Waals surface area contributed by atoms with Gasteiger partial charge >= 0.3 is 11.9 Å². The molecule has 3 atom stereocenters. The Morgan fingerprint density at radius 2 is 1.69 bits per heavy atom. The van der Waals surface area contributed by atoms with Crippen molar-refractivity contribution in [1.29, 1.82) is 0 Å². The number of allylic oxidation sites excluding steroid dienone is 3. The van der Waals surface area contributed by atoms with Crippen molar-refractivity contribution in [2.24, 2.45) is 5.92 Å². The van der Waals surface area contributed by atoms with Gasteiger partial charge in [0, 0.05) is 28.4 Å². The molecular weight excluding hydrogens is 453 g/mol. The second kappa shape index (κ2) is 9.74. The predicted octanol–water partition coefficient (Wildman–Crippen LogP) is 3.77. The van der Waals surface area contributed by atoms with Gasteiger partial charge in [-0.3, -0.25) is 9.59 Å². The monoisotopic (exact) mass is 479 g/mol. The van der Waals surface area contributed by atoms with Crippen molar-refractivity contribution in [3.05, 3.63) is 88.0 Å². The quantitative estimate of drug-likeness (QED) is 0.516. The van der Waals surface area contributed by atoms with Crippen LogP contribution in [0.5, 0.6) is 5.75 Å². The highest BCUT2D eigenvalue weighted by atomic mass is 19.1. The summed E-state index contributed by atoms with van der Waals surface area (Å²) in [7, 11) is 4.00. The van der Waals surface area contributed by atoms with Crippen LogP contribution < -0.4 is 10.1 Å². The minimum atomic E-state index is -1.17. The van der Waals surface area contributed by atoms with Gasteiger partial charge in [-0.05, 0) is 37.1 Å². The number of rotatable bonds is 5. The highest BCUT2D eigenvalue weighted by molar-refractivity contribution is 6.13. The van der Waals surface area contributed by atoms with Crippen LogP contribution in [0.2, 0.25) is 0 Å². The first-order valence-corrected chi connectivity index (χ1v) is 11.1. The lowest BCUT2D eigenvalue weighted by atomic mass is 9.67. The topological polar surface area (TPSA) is 90.9 Å². The molecule has 1 heterocycles. The van der Waals surface area contributed by atoms with Crippen LogP contribution in [0.25, 0.3) is 0 Å². The Morgan fingerprint density at radius 3 is 2.29 bits per heavy atom. The van der Waals surface area contributed by atoms with Crippen molar-refractivity contribution in [3.63, 3.8) is 0 Å². The van der Waals surface area contributed by atoms with Crippen LogP contribution in [0, 0.1) is 11.7 Å². The van der Waals surface area contributed by atoms with Crippen LogP contribution in [-0.4, -0.2) is 39.1 Å². The number of Topliss-reactive ketones (excluding diaryl/α,β-unsaturated/α-hetero) is 1. The first-order chi connectivity index (χ1) is 16.8. The van der Waals surface area contributed by atoms with Gasteiger partial charge in [-0.2, -0.15) is 0 Å². The number of dihydropyridines is 1. The van der Waals surface area contributed by atoms with E-state index >= 15 is 4.39 Å². The number of ether oxygens (including phenoxy) is 3. The van der Waals surface area contributed by atoms with Crippen molar-refractivity contribution in [1.82, 2.24) is 5.32 Å². The predicted molar refractivity (Wildman–Crippen MR) is 125 cm³/mol. The number of carbonyl (C=O) groups excluding carboxylic acids is 3. The fourth-order valence-electron chi connectivity index (χ4n) is 5.00. The van der Waals surface area contributed by atoms with Crippen LogP contribution in [-0.2, 0) is 23.9 Å². The summed E-state index contributed by atoms with van der Waals surface area (Å²) < 4.78 is 30.2. The molecule has 4 rings (SSSR count). The van der Waals surface area contributed by atoms with Gasteiger partial charge in [0.2, 0.25) is 0 Å². The van der Waals surface area contributed by atoms with Crippen LogP contribution >= 0.6 is 0 Å². The Labute approximate surface area is 202 Å². The minimum absolute atomic E-state index is 0.121. The molecule has 1 N–H and O–H groups in total.